The molecule has 1 atom stereocenters. The minimum atomic E-state index is -0.0613. The van der Waals surface area contributed by atoms with Gasteiger partial charge in [-0.3, -0.25) is 0 Å². The van der Waals surface area contributed by atoms with Crippen LogP contribution in [0.25, 0.3) is 0 Å². The smallest absolute Gasteiger partial charge is 0.0540 e. The molecule has 0 amide bonds. The third kappa shape index (κ3) is 17.6. The maximum absolute atomic E-state index is 9.87. The monoisotopic (exact) mass is 296 g/mol. The minimum Gasteiger partial charge on any atom is -0.393 e. The Bertz CT molecular complexity index is 210. The molecule has 1 heteroatoms. The molecule has 1 unspecified atom stereocenters. The van der Waals surface area contributed by atoms with Gasteiger partial charge in [-0.05, 0) is 38.5 Å². The molecular formula is C20H40O. The van der Waals surface area contributed by atoms with Crippen LogP contribution in [-0.2, 0) is 0 Å². The lowest BCUT2D eigenvalue weighted by molar-refractivity contribution is 0.148. The van der Waals surface area contributed by atoms with Gasteiger partial charge in [-0.2, -0.15) is 0 Å². The van der Waals surface area contributed by atoms with Crippen molar-refractivity contribution in [3.05, 3.63) is 12.2 Å². The Morgan fingerprint density at radius 2 is 1.10 bits per heavy atom. The molecule has 0 spiro atoms. The molecule has 0 aromatic carbocycles. The van der Waals surface area contributed by atoms with Crippen LogP contribution in [0.5, 0.6) is 0 Å². The maximum Gasteiger partial charge on any atom is 0.0540 e. The van der Waals surface area contributed by atoms with Crippen molar-refractivity contribution in [2.45, 2.75) is 116 Å². The third-order valence-electron chi connectivity index (χ3n) is 4.19. The van der Waals surface area contributed by atoms with E-state index >= 15 is 0 Å². The molecule has 0 bridgehead atoms. The van der Waals surface area contributed by atoms with Gasteiger partial charge < -0.3 is 5.11 Å². The van der Waals surface area contributed by atoms with Crippen LogP contribution in [0.3, 0.4) is 0 Å². The van der Waals surface area contributed by atoms with Gasteiger partial charge in [-0.1, -0.05) is 83.8 Å². The highest BCUT2D eigenvalue weighted by Crippen LogP contribution is 2.11. The number of allylic oxidation sites excluding steroid dienone is 2. The largest absolute Gasteiger partial charge is 0.393 e. The maximum atomic E-state index is 9.87. The molecule has 0 rings (SSSR count). The Labute approximate surface area is 134 Å². The fourth-order valence-corrected chi connectivity index (χ4v) is 2.70. The highest BCUT2D eigenvalue weighted by atomic mass is 16.3. The number of rotatable bonds is 16. The standard InChI is InChI=1S/C20H40O/c1-3-5-7-9-10-11-12-13-14-15-17-19-20(21)18-16-8-6-4-2/h13-14,20-21H,3-12,15-19H2,1-2H3. The van der Waals surface area contributed by atoms with E-state index in [1.165, 1.54) is 70.6 Å². The molecule has 0 aliphatic carbocycles. The van der Waals surface area contributed by atoms with Crippen LogP contribution in [0.4, 0.5) is 0 Å². The highest BCUT2D eigenvalue weighted by molar-refractivity contribution is 4.81. The normalized spacial score (nSPS) is 13.1. The topological polar surface area (TPSA) is 20.2 Å². The van der Waals surface area contributed by atoms with Crippen molar-refractivity contribution in [3.63, 3.8) is 0 Å². The lowest BCUT2D eigenvalue weighted by atomic mass is 10.0. The van der Waals surface area contributed by atoms with Gasteiger partial charge in [0, 0.05) is 0 Å². The Kier molecular flexibility index (Phi) is 17.5. The molecule has 0 aromatic rings. The van der Waals surface area contributed by atoms with Gasteiger partial charge in [0.05, 0.1) is 6.10 Å². The summed E-state index contributed by atoms with van der Waals surface area (Å²) in [7, 11) is 0. The second kappa shape index (κ2) is 17.8. The third-order valence-corrected chi connectivity index (χ3v) is 4.19. The van der Waals surface area contributed by atoms with Crippen molar-refractivity contribution < 1.29 is 5.11 Å². The fraction of sp³-hybridized carbons (Fsp3) is 0.900. The van der Waals surface area contributed by atoms with Crippen molar-refractivity contribution in [1.82, 2.24) is 0 Å². The number of hydrogen-bond acceptors (Lipinski definition) is 1. The summed E-state index contributed by atoms with van der Waals surface area (Å²) in [6.07, 6.45) is 23.5. The summed E-state index contributed by atoms with van der Waals surface area (Å²) in [6.45, 7) is 4.50. The van der Waals surface area contributed by atoms with Crippen molar-refractivity contribution in [3.8, 4) is 0 Å². The van der Waals surface area contributed by atoms with E-state index in [4.69, 9.17) is 0 Å². The summed E-state index contributed by atoms with van der Waals surface area (Å²) >= 11 is 0. The quantitative estimate of drug-likeness (QED) is 0.245. The molecule has 0 aliphatic heterocycles. The molecule has 0 fully saturated rings. The first-order valence-electron chi connectivity index (χ1n) is 9.64. The summed E-state index contributed by atoms with van der Waals surface area (Å²) in [5.74, 6) is 0. The zero-order valence-corrected chi connectivity index (χ0v) is 14.8. The van der Waals surface area contributed by atoms with Crippen LogP contribution in [0, 0.1) is 0 Å². The lowest BCUT2D eigenvalue weighted by Crippen LogP contribution is -2.05. The van der Waals surface area contributed by atoms with Crippen LogP contribution in [0.1, 0.15) is 110 Å². The lowest BCUT2D eigenvalue weighted by Gasteiger charge is -2.09. The molecule has 0 radical (unpaired) electrons. The predicted molar refractivity (Wildman–Crippen MR) is 95.7 cm³/mol. The van der Waals surface area contributed by atoms with Crippen molar-refractivity contribution in [2.75, 3.05) is 0 Å². The van der Waals surface area contributed by atoms with E-state index in [0.29, 0.717) is 0 Å². The van der Waals surface area contributed by atoms with E-state index in [1.807, 2.05) is 0 Å². The highest BCUT2D eigenvalue weighted by Gasteiger charge is 2.02. The zero-order valence-electron chi connectivity index (χ0n) is 14.8. The summed E-state index contributed by atoms with van der Waals surface area (Å²) in [5.41, 5.74) is 0. The van der Waals surface area contributed by atoms with Gasteiger partial charge in [0.2, 0.25) is 0 Å². The Balaban J connectivity index is 3.20. The molecule has 0 saturated carbocycles. The van der Waals surface area contributed by atoms with Crippen LogP contribution in [0.2, 0.25) is 0 Å². The average Bonchev–Trinajstić information content (AvgIpc) is 2.49. The first-order chi connectivity index (χ1) is 10.3. The SMILES string of the molecule is CCCCCCCCC=CCCCC(O)CCCCCC. The van der Waals surface area contributed by atoms with Gasteiger partial charge in [0.25, 0.3) is 0 Å². The van der Waals surface area contributed by atoms with E-state index in [2.05, 4.69) is 26.0 Å². The Morgan fingerprint density at radius 1 is 0.619 bits per heavy atom. The Morgan fingerprint density at radius 3 is 1.76 bits per heavy atom. The van der Waals surface area contributed by atoms with Gasteiger partial charge in [-0.15, -0.1) is 0 Å². The molecule has 1 N–H and O–H groups in total. The van der Waals surface area contributed by atoms with Crippen LogP contribution >= 0.6 is 0 Å². The fourth-order valence-electron chi connectivity index (χ4n) is 2.70. The molecule has 0 saturated heterocycles. The first kappa shape index (κ1) is 20.7. The van der Waals surface area contributed by atoms with Crippen LogP contribution in [-0.4, -0.2) is 11.2 Å². The van der Waals surface area contributed by atoms with Crippen molar-refractivity contribution in [2.24, 2.45) is 0 Å². The zero-order chi connectivity index (χ0) is 15.6. The molecule has 0 aliphatic rings. The summed E-state index contributed by atoms with van der Waals surface area (Å²) < 4.78 is 0. The minimum absolute atomic E-state index is 0.0613. The van der Waals surface area contributed by atoms with E-state index in [-0.39, 0.29) is 6.10 Å². The second-order valence-electron chi connectivity index (χ2n) is 6.46. The van der Waals surface area contributed by atoms with Crippen LogP contribution in [0.15, 0.2) is 12.2 Å². The van der Waals surface area contributed by atoms with Gasteiger partial charge in [0.15, 0.2) is 0 Å². The molecule has 0 heterocycles. The van der Waals surface area contributed by atoms with E-state index in [1.54, 1.807) is 0 Å². The van der Waals surface area contributed by atoms with Gasteiger partial charge >= 0.3 is 0 Å². The Hall–Kier alpha value is -0.300. The van der Waals surface area contributed by atoms with E-state index < -0.39 is 0 Å². The van der Waals surface area contributed by atoms with Crippen LogP contribution < -0.4 is 0 Å². The average molecular weight is 297 g/mol. The summed E-state index contributed by atoms with van der Waals surface area (Å²) in [5, 5.41) is 9.87. The van der Waals surface area contributed by atoms with E-state index in [9.17, 15) is 5.11 Å². The van der Waals surface area contributed by atoms with Crippen molar-refractivity contribution in [1.29, 1.82) is 0 Å². The number of hydrogen-bond donors (Lipinski definition) is 1. The molecule has 0 aromatic heterocycles. The van der Waals surface area contributed by atoms with Gasteiger partial charge in [0.1, 0.15) is 0 Å². The summed E-state index contributed by atoms with van der Waals surface area (Å²) in [6, 6.07) is 0. The molecular weight excluding hydrogens is 256 g/mol. The first-order valence-corrected chi connectivity index (χ1v) is 9.64. The molecule has 126 valence electrons. The molecule has 21 heavy (non-hydrogen) atoms. The van der Waals surface area contributed by atoms with E-state index in [0.717, 1.165) is 25.7 Å². The number of aliphatic hydroxyl groups excluding tert-OH is 1. The summed E-state index contributed by atoms with van der Waals surface area (Å²) in [4.78, 5) is 0. The molecule has 1 nitrogen and oxygen atoms in total. The number of aliphatic hydroxyl groups is 1. The van der Waals surface area contributed by atoms with Crippen molar-refractivity contribution >= 4 is 0 Å². The van der Waals surface area contributed by atoms with Gasteiger partial charge in [-0.25, -0.2) is 0 Å². The predicted octanol–water partition coefficient (Wildman–Crippen LogP) is 6.79. The second-order valence-corrected chi connectivity index (χ2v) is 6.46. The number of unbranched alkanes of at least 4 members (excludes halogenated alkanes) is 10.